The van der Waals surface area contributed by atoms with Crippen molar-refractivity contribution in [2.45, 2.75) is 13.8 Å². The number of ether oxygens (including phenoxy) is 4. The van der Waals surface area contributed by atoms with E-state index < -0.39 is 0 Å². The van der Waals surface area contributed by atoms with Gasteiger partial charge < -0.3 is 23.4 Å². The highest BCUT2D eigenvalue weighted by molar-refractivity contribution is 5.97. The highest BCUT2D eigenvalue weighted by Gasteiger charge is 2.17. The van der Waals surface area contributed by atoms with Gasteiger partial charge in [0.25, 0.3) is 0 Å². The summed E-state index contributed by atoms with van der Waals surface area (Å²) in [6.07, 6.45) is 0. The maximum Gasteiger partial charge on any atom is 0.235 e. The predicted molar refractivity (Wildman–Crippen MR) is 128 cm³/mol. The second-order valence-electron chi connectivity index (χ2n) is 7.40. The molecule has 7 heteroatoms. The van der Waals surface area contributed by atoms with E-state index in [1.165, 1.54) is 0 Å². The SMILES string of the molecule is CCOc1ccccc1Oc1c(C)oc2cc(OCC(=O)c3ccc(OC)cc3)ccc2c1=O. The van der Waals surface area contributed by atoms with Crippen molar-refractivity contribution in [2.75, 3.05) is 20.3 Å². The molecule has 1 aromatic heterocycles. The minimum Gasteiger partial charge on any atom is -0.497 e. The van der Waals surface area contributed by atoms with Gasteiger partial charge in [-0.25, -0.2) is 0 Å². The van der Waals surface area contributed by atoms with Gasteiger partial charge in [-0.2, -0.15) is 0 Å². The molecule has 0 N–H and O–H groups in total. The molecule has 3 aromatic carbocycles. The van der Waals surface area contributed by atoms with E-state index in [1.54, 1.807) is 74.7 Å². The lowest BCUT2D eigenvalue weighted by molar-refractivity contribution is 0.0921. The lowest BCUT2D eigenvalue weighted by Crippen LogP contribution is -2.12. The van der Waals surface area contributed by atoms with Crippen molar-refractivity contribution in [3.8, 4) is 28.7 Å². The first kappa shape index (κ1) is 22.9. The van der Waals surface area contributed by atoms with Gasteiger partial charge in [0.1, 0.15) is 22.8 Å². The second-order valence-corrected chi connectivity index (χ2v) is 7.40. The molecule has 0 radical (unpaired) electrons. The third-order valence-corrected chi connectivity index (χ3v) is 5.13. The molecule has 4 aromatic rings. The Balaban J connectivity index is 1.54. The molecule has 0 bridgehead atoms. The Labute approximate surface area is 196 Å². The number of ketones is 1. The van der Waals surface area contributed by atoms with Crippen molar-refractivity contribution in [2.24, 2.45) is 0 Å². The zero-order valence-electron chi connectivity index (χ0n) is 19.1. The molecule has 0 saturated heterocycles. The number of aryl methyl sites for hydroxylation is 1. The Kier molecular flexibility index (Phi) is 6.82. The van der Waals surface area contributed by atoms with Crippen LogP contribution >= 0.6 is 0 Å². The van der Waals surface area contributed by atoms with E-state index in [9.17, 15) is 9.59 Å². The van der Waals surface area contributed by atoms with Crippen LogP contribution in [-0.2, 0) is 0 Å². The molecule has 0 amide bonds. The predicted octanol–water partition coefficient (Wildman–Crippen LogP) is 5.56. The van der Waals surface area contributed by atoms with Crippen LogP contribution in [0.4, 0.5) is 0 Å². The zero-order chi connectivity index (χ0) is 24.1. The smallest absolute Gasteiger partial charge is 0.235 e. The summed E-state index contributed by atoms with van der Waals surface area (Å²) in [6.45, 7) is 3.84. The van der Waals surface area contributed by atoms with Gasteiger partial charge in [-0.1, -0.05) is 12.1 Å². The lowest BCUT2D eigenvalue weighted by Gasteiger charge is -2.13. The minimum atomic E-state index is -0.314. The number of Topliss-reactive ketones (excluding diaryl/α,β-unsaturated/α-hetero) is 1. The topological polar surface area (TPSA) is 84.2 Å². The third-order valence-electron chi connectivity index (χ3n) is 5.13. The average molecular weight is 460 g/mol. The number of carbonyl (C=O) groups is 1. The largest absolute Gasteiger partial charge is 0.497 e. The number of methoxy groups -OCH3 is 1. The monoisotopic (exact) mass is 460 g/mol. The van der Waals surface area contributed by atoms with Crippen LogP contribution in [0.1, 0.15) is 23.0 Å². The maximum atomic E-state index is 13.1. The van der Waals surface area contributed by atoms with Crippen LogP contribution in [0.5, 0.6) is 28.7 Å². The summed E-state index contributed by atoms with van der Waals surface area (Å²) in [4.78, 5) is 25.5. The number of hydrogen-bond acceptors (Lipinski definition) is 7. The first-order valence-electron chi connectivity index (χ1n) is 10.8. The third kappa shape index (κ3) is 4.88. The van der Waals surface area contributed by atoms with Crippen molar-refractivity contribution in [1.29, 1.82) is 0 Å². The molecule has 174 valence electrons. The fourth-order valence-electron chi connectivity index (χ4n) is 3.40. The lowest BCUT2D eigenvalue weighted by atomic mass is 10.1. The maximum absolute atomic E-state index is 13.1. The minimum absolute atomic E-state index is 0.0861. The first-order valence-corrected chi connectivity index (χ1v) is 10.8. The molecule has 0 aliphatic heterocycles. The molecule has 4 rings (SSSR count). The van der Waals surface area contributed by atoms with E-state index in [0.717, 1.165) is 0 Å². The fraction of sp³-hybridized carbons (Fsp3) is 0.185. The van der Waals surface area contributed by atoms with Gasteiger partial charge in [0.2, 0.25) is 11.2 Å². The van der Waals surface area contributed by atoms with E-state index in [2.05, 4.69) is 0 Å². The molecule has 0 saturated carbocycles. The average Bonchev–Trinajstić information content (AvgIpc) is 2.86. The Morgan fingerprint density at radius 3 is 2.32 bits per heavy atom. The zero-order valence-corrected chi connectivity index (χ0v) is 19.1. The summed E-state index contributed by atoms with van der Waals surface area (Å²) in [5.74, 6) is 2.26. The molecule has 0 aliphatic carbocycles. The van der Waals surface area contributed by atoms with Crippen molar-refractivity contribution in [3.05, 3.63) is 88.3 Å². The second kappa shape index (κ2) is 10.1. The van der Waals surface area contributed by atoms with Crippen LogP contribution in [0.15, 0.2) is 75.9 Å². The number of fused-ring (bicyclic) bond motifs is 1. The number of benzene rings is 3. The van der Waals surface area contributed by atoms with Crippen LogP contribution < -0.4 is 24.4 Å². The Bertz CT molecular complexity index is 1370. The number of para-hydroxylation sites is 2. The highest BCUT2D eigenvalue weighted by atomic mass is 16.5. The highest BCUT2D eigenvalue weighted by Crippen LogP contribution is 2.33. The van der Waals surface area contributed by atoms with Gasteiger partial charge in [0.05, 0.1) is 19.1 Å². The van der Waals surface area contributed by atoms with Crippen LogP contribution in [0, 0.1) is 6.92 Å². The molecular weight excluding hydrogens is 436 g/mol. The van der Waals surface area contributed by atoms with Crippen molar-refractivity contribution < 1.29 is 28.2 Å². The first-order chi connectivity index (χ1) is 16.5. The molecule has 34 heavy (non-hydrogen) atoms. The summed E-state index contributed by atoms with van der Waals surface area (Å²) < 4.78 is 28.1. The van der Waals surface area contributed by atoms with Crippen molar-refractivity contribution >= 4 is 16.8 Å². The molecule has 0 aliphatic rings. The van der Waals surface area contributed by atoms with Crippen molar-refractivity contribution in [3.63, 3.8) is 0 Å². The van der Waals surface area contributed by atoms with Gasteiger partial charge in [-0.3, -0.25) is 9.59 Å². The summed E-state index contributed by atoms with van der Waals surface area (Å²) in [5.41, 5.74) is 0.534. The summed E-state index contributed by atoms with van der Waals surface area (Å²) >= 11 is 0. The summed E-state index contributed by atoms with van der Waals surface area (Å²) in [7, 11) is 1.56. The summed E-state index contributed by atoms with van der Waals surface area (Å²) in [6, 6.07) is 18.7. The van der Waals surface area contributed by atoms with Crippen LogP contribution in [0.3, 0.4) is 0 Å². The van der Waals surface area contributed by atoms with E-state index >= 15 is 0 Å². The number of hydrogen-bond donors (Lipinski definition) is 0. The van der Waals surface area contributed by atoms with E-state index in [0.29, 0.717) is 51.9 Å². The Hall–Kier alpha value is -4.26. The Morgan fingerprint density at radius 1 is 0.912 bits per heavy atom. The summed E-state index contributed by atoms with van der Waals surface area (Å²) in [5, 5.41) is 0.336. The molecule has 0 atom stereocenters. The number of rotatable bonds is 9. The van der Waals surface area contributed by atoms with Crippen LogP contribution in [0.2, 0.25) is 0 Å². The van der Waals surface area contributed by atoms with E-state index in [4.69, 9.17) is 23.4 Å². The molecule has 0 spiro atoms. The molecular formula is C27H24O7. The normalized spacial score (nSPS) is 10.7. The molecule has 7 nitrogen and oxygen atoms in total. The van der Waals surface area contributed by atoms with Gasteiger partial charge in [0, 0.05) is 11.6 Å². The van der Waals surface area contributed by atoms with Gasteiger partial charge >= 0.3 is 0 Å². The van der Waals surface area contributed by atoms with E-state index in [-0.39, 0.29) is 23.6 Å². The van der Waals surface area contributed by atoms with Crippen LogP contribution in [-0.4, -0.2) is 26.1 Å². The fourth-order valence-corrected chi connectivity index (χ4v) is 3.40. The molecule has 0 fully saturated rings. The standard InChI is InChI=1S/C27H24O7/c1-4-31-23-7-5-6-8-24(23)34-27-17(2)33-25-15-20(13-14-21(25)26(27)29)32-16-22(28)18-9-11-19(30-3)12-10-18/h5-15H,4,16H2,1-3H3. The Morgan fingerprint density at radius 2 is 1.62 bits per heavy atom. The van der Waals surface area contributed by atoms with Gasteiger partial charge in [-0.15, -0.1) is 0 Å². The van der Waals surface area contributed by atoms with Crippen molar-refractivity contribution in [1.82, 2.24) is 0 Å². The quantitative estimate of drug-likeness (QED) is 0.302. The van der Waals surface area contributed by atoms with E-state index in [1.807, 2.05) is 13.0 Å². The van der Waals surface area contributed by atoms with Gasteiger partial charge in [0.15, 0.2) is 23.9 Å². The van der Waals surface area contributed by atoms with Gasteiger partial charge in [-0.05, 0) is 62.4 Å². The molecule has 0 unspecified atom stereocenters. The number of carbonyl (C=O) groups excluding carboxylic acids is 1. The van der Waals surface area contributed by atoms with Crippen LogP contribution in [0.25, 0.3) is 11.0 Å². The molecule has 1 heterocycles.